The van der Waals surface area contributed by atoms with Crippen LogP contribution >= 0.6 is 11.3 Å². The van der Waals surface area contributed by atoms with E-state index in [0.29, 0.717) is 36.3 Å². The van der Waals surface area contributed by atoms with E-state index in [1.54, 1.807) is 6.92 Å². The van der Waals surface area contributed by atoms with E-state index in [0.717, 1.165) is 11.4 Å². The van der Waals surface area contributed by atoms with Crippen LogP contribution in [0.2, 0.25) is 0 Å². The van der Waals surface area contributed by atoms with Crippen molar-refractivity contribution < 1.29 is 13.9 Å². The molecule has 2 N–H and O–H groups in total. The lowest BCUT2D eigenvalue weighted by Gasteiger charge is -2.16. The molecule has 4 rings (SSSR count). The summed E-state index contributed by atoms with van der Waals surface area (Å²) in [5.74, 6) is -1.27. The number of likely N-dealkylation sites (tertiary alicyclic amines) is 1. The maximum atomic E-state index is 14.2. The lowest BCUT2D eigenvalue weighted by molar-refractivity contribution is 0.0956. The molecular formula is C20H22FN5O4S. The van der Waals surface area contributed by atoms with E-state index >= 15 is 0 Å². The molecule has 0 radical (unpaired) electrons. The first-order valence-electron chi connectivity index (χ1n) is 9.92. The van der Waals surface area contributed by atoms with Gasteiger partial charge in [-0.15, -0.1) is 11.3 Å². The molecule has 1 saturated heterocycles. The SMILES string of the molecule is CCn1c(=O)[nH]c2cc(CN3CCC(Oc4ccc(C(=O)NC)nc4F)C3)sc2c1=O. The highest BCUT2D eigenvalue weighted by atomic mass is 32.1. The fraction of sp³-hybridized carbons (Fsp3) is 0.400. The van der Waals surface area contributed by atoms with Gasteiger partial charge in [-0.3, -0.25) is 19.1 Å². The van der Waals surface area contributed by atoms with Crippen LogP contribution in [0.3, 0.4) is 0 Å². The van der Waals surface area contributed by atoms with Gasteiger partial charge in [-0.05, 0) is 31.5 Å². The summed E-state index contributed by atoms with van der Waals surface area (Å²) in [6.45, 7) is 4.01. The second kappa shape index (κ2) is 8.60. The van der Waals surface area contributed by atoms with Gasteiger partial charge in [-0.1, -0.05) is 0 Å². The third-order valence-electron chi connectivity index (χ3n) is 5.20. The van der Waals surface area contributed by atoms with Crippen LogP contribution in [0.1, 0.15) is 28.7 Å². The number of aromatic nitrogens is 3. The van der Waals surface area contributed by atoms with Gasteiger partial charge < -0.3 is 15.0 Å². The van der Waals surface area contributed by atoms with Gasteiger partial charge in [0.1, 0.15) is 16.5 Å². The number of hydrogen-bond donors (Lipinski definition) is 2. The summed E-state index contributed by atoms with van der Waals surface area (Å²) in [4.78, 5) is 45.5. The summed E-state index contributed by atoms with van der Waals surface area (Å²) in [7, 11) is 1.45. The number of hydrogen-bond acceptors (Lipinski definition) is 7. The van der Waals surface area contributed by atoms with Crippen molar-refractivity contribution in [3.8, 4) is 5.75 Å². The predicted octanol–water partition coefficient (Wildman–Crippen LogP) is 1.32. The normalized spacial score (nSPS) is 16.7. The first-order chi connectivity index (χ1) is 14.9. The zero-order valence-electron chi connectivity index (χ0n) is 17.1. The number of rotatable bonds is 6. The number of carbonyl (C=O) groups excluding carboxylic acids is 1. The predicted molar refractivity (Wildman–Crippen MR) is 114 cm³/mol. The van der Waals surface area contributed by atoms with E-state index < -0.39 is 17.5 Å². The van der Waals surface area contributed by atoms with Gasteiger partial charge in [0.15, 0.2) is 5.75 Å². The van der Waals surface area contributed by atoms with Crippen LogP contribution < -0.4 is 21.3 Å². The van der Waals surface area contributed by atoms with E-state index in [1.807, 2.05) is 6.07 Å². The Morgan fingerprint density at radius 3 is 2.94 bits per heavy atom. The minimum absolute atomic E-state index is 0.00895. The molecule has 31 heavy (non-hydrogen) atoms. The number of nitrogens with one attached hydrogen (secondary N) is 2. The van der Waals surface area contributed by atoms with Crippen LogP contribution in [0.4, 0.5) is 4.39 Å². The highest BCUT2D eigenvalue weighted by Gasteiger charge is 2.26. The van der Waals surface area contributed by atoms with Crippen LogP contribution in [-0.4, -0.2) is 51.6 Å². The van der Waals surface area contributed by atoms with E-state index in [9.17, 15) is 18.8 Å². The zero-order valence-corrected chi connectivity index (χ0v) is 17.9. The summed E-state index contributed by atoms with van der Waals surface area (Å²) in [6, 6.07) is 4.67. The standard InChI is InChI=1S/C20H22FN5O4S/c1-3-26-19(28)16-14(24-20(26)29)8-12(31-16)10-25-7-6-11(9-25)30-15-5-4-13(18(27)22-2)23-17(15)21/h4-5,8,11H,3,6-7,9-10H2,1-2H3,(H,22,27)(H,24,29). The Hall–Kier alpha value is -3.05. The average Bonchev–Trinajstić information content (AvgIpc) is 3.36. The zero-order chi connectivity index (χ0) is 22.1. The minimum Gasteiger partial charge on any atom is -0.484 e. The Morgan fingerprint density at radius 1 is 1.42 bits per heavy atom. The number of amides is 1. The second-order valence-corrected chi connectivity index (χ2v) is 8.40. The molecule has 9 nitrogen and oxygen atoms in total. The molecule has 4 heterocycles. The molecule has 1 unspecified atom stereocenters. The van der Waals surface area contributed by atoms with Crippen LogP contribution in [0.5, 0.6) is 5.75 Å². The second-order valence-electron chi connectivity index (χ2n) is 7.26. The van der Waals surface area contributed by atoms with Crippen molar-refractivity contribution in [2.24, 2.45) is 0 Å². The summed E-state index contributed by atoms with van der Waals surface area (Å²) < 4.78 is 21.7. The third kappa shape index (κ3) is 4.23. The molecule has 1 aliphatic rings. The van der Waals surface area contributed by atoms with Gasteiger partial charge in [0.05, 0.1) is 5.52 Å². The fourth-order valence-corrected chi connectivity index (χ4v) is 4.76. The number of halogens is 1. The number of H-pyrrole nitrogens is 1. The Balaban J connectivity index is 1.43. The van der Waals surface area contributed by atoms with Crippen molar-refractivity contribution in [2.45, 2.75) is 32.5 Å². The van der Waals surface area contributed by atoms with Crippen molar-refractivity contribution in [3.05, 3.63) is 55.6 Å². The lowest BCUT2D eigenvalue weighted by Crippen LogP contribution is -2.33. The van der Waals surface area contributed by atoms with Gasteiger partial charge in [0.25, 0.3) is 17.4 Å². The largest absolute Gasteiger partial charge is 0.484 e. The molecule has 3 aromatic rings. The molecule has 11 heteroatoms. The molecule has 0 spiro atoms. The van der Waals surface area contributed by atoms with Gasteiger partial charge in [-0.2, -0.15) is 4.39 Å². The summed E-state index contributed by atoms with van der Waals surface area (Å²) in [5, 5.41) is 2.40. The quantitative estimate of drug-likeness (QED) is 0.552. The Labute approximate surface area is 180 Å². The van der Waals surface area contributed by atoms with Crippen LogP contribution in [-0.2, 0) is 13.1 Å². The number of aromatic amines is 1. The Kier molecular flexibility index (Phi) is 5.88. The lowest BCUT2D eigenvalue weighted by atomic mass is 10.3. The molecular weight excluding hydrogens is 425 g/mol. The van der Waals surface area contributed by atoms with Gasteiger partial charge in [0.2, 0.25) is 0 Å². The fourth-order valence-electron chi connectivity index (χ4n) is 3.66. The number of pyridine rings is 1. The molecule has 1 aliphatic heterocycles. The summed E-state index contributed by atoms with van der Waals surface area (Å²) >= 11 is 1.37. The first-order valence-corrected chi connectivity index (χ1v) is 10.7. The van der Waals surface area contributed by atoms with Gasteiger partial charge in [0, 0.05) is 38.1 Å². The smallest absolute Gasteiger partial charge is 0.328 e. The van der Waals surface area contributed by atoms with Gasteiger partial charge >= 0.3 is 5.69 Å². The van der Waals surface area contributed by atoms with E-state index in [2.05, 4.69) is 20.2 Å². The van der Waals surface area contributed by atoms with Crippen molar-refractivity contribution in [1.82, 2.24) is 24.8 Å². The summed E-state index contributed by atoms with van der Waals surface area (Å²) in [6.07, 6.45) is 0.495. The van der Waals surface area contributed by atoms with E-state index in [4.69, 9.17) is 4.74 Å². The van der Waals surface area contributed by atoms with E-state index in [-0.39, 0.29) is 23.1 Å². The number of carbonyl (C=O) groups is 1. The summed E-state index contributed by atoms with van der Waals surface area (Å²) in [5.41, 5.74) is -0.137. The topological polar surface area (TPSA) is 109 Å². The minimum atomic E-state index is -0.819. The maximum Gasteiger partial charge on any atom is 0.328 e. The molecule has 0 bridgehead atoms. The molecule has 0 aromatic carbocycles. The average molecular weight is 447 g/mol. The Morgan fingerprint density at radius 2 is 2.23 bits per heavy atom. The van der Waals surface area contributed by atoms with Crippen LogP contribution in [0, 0.1) is 5.95 Å². The Bertz CT molecular complexity index is 1250. The number of nitrogens with zero attached hydrogens (tertiary/aromatic N) is 3. The van der Waals surface area contributed by atoms with Crippen molar-refractivity contribution in [1.29, 1.82) is 0 Å². The molecule has 0 saturated carbocycles. The van der Waals surface area contributed by atoms with Crippen molar-refractivity contribution >= 4 is 27.5 Å². The highest BCUT2D eigenvalue weighted by molar-refractivity contribution is 7.18. The molecule has 1 fully saturated rings. The number of fused-ring (bicyclic) bond motifs is 1. The molecule has 1 atom stereocenters. The number of thiophene rings is 1. The monoisotopic (exact) mass is 447 g/mol. The van der Waals surface area contributed by atoms with Crippen molar-refractivity contribution in [2.75, 3.05) is 20.1 Å². The van der Waals surface area contributed by atoms with Crippen molar-refractivity contribution in [3.63, 3.8) is 0 Å². The maximum absolute atomic E-state index is 14.2. The number of ether oxygens (including phenoxy) is 1. The molecule has 1 amide bonds. The van der Waals surface area contributed by atoms with E-state index in [1.165, 1.54) is 35.1 Å². The third-order valence-corrected chi connectivity index (χ3v) is 6.31. The van der Waals surface area contributed by atoms with Crippen LogP contribution in [0.15, 0.2) is 27.8 Å². The molecule has 0 aliphatic carbocycles. The molecule has 164 valence electrons. The van der Waals surface area contributed by atoms with Gasteiger partial charge in [-0.25, -0.2) is 9.78 Å². The van der Waals surface area contributed by atoms with Crippen LogP contribution in [0.25, 0.3) is 10.2 Å². The molecule has 3 aromatic heterocycles. The highest BCUT2D eigenvalue weighted by Crippen LogP contribution is 2.25. The first kappa shape index (κ1) is 21.2.